The van der Waals surface area contributed by atoms with Crippen molar-refractivity contribution in [3.8, 4) is 0 Å². The van der Waals surface area contributed by atoms with Crippen LogP contribution in [-0.2, 0) is 11.3 Å². The maximum atomic E-state index is 5.91. The van der Waals surface area contributed by atoms with Gasteiger partial charge in [0.15, 0.2) is 0 Å². The number of benzene rings is 1. The molecule has 0 aliphatic heterocycles. The van der Waals surface area contributed by atoms with E-state index in [0.29, 0.717) is 13.2 Å². The number of nitrogens with two attached hydrogens (primary N) is 1. The zero-order valence-electron chi connectivity index (χ0n) is 12.4. The molecule has 2 rings (SSSR count). The summed E-state index contributed by atoms with van der Waals surface area (Å²) in [6.45, 7) is 2.27. The zero-order valence-corrected chi connectivity index (χ0v) is 12.4. The molecular weight excluding hydrogens is 248 g/mol. The quantitative estimate of drug-likeness (QED) is 0.717. The number of nitrogens with one attached hydrogen (secondary N) is 1. The Kier molecular flexibility index (Phi) is 6.25. The number of hydrogen-bond donors (Lipinski definition) is 2. The fourth-order valence-corrected chi connectivity index (χ4v) is 2.77. The first-order chi connectivity index (χ1) is 9.83. The predicted molar refractivity (Wildman–Crippen MR) is 83.5 cm³/mol. The van der Waals surface area contributed by atoms with E-state index in [1.807, 2.05) is 0 Å². The van der Waals surface area contributed by atoms with Gasteiger partial charge < -0.3 is 15.8 Å². The first-order valence-corrected chi connectivity index (χ1v) is 7.52. The van der Waals surface area contributed by atoms with Crippen LogP contribution in [0.4, 0.5) is 0 Å². The average Bonchev–Trinajstić information content (AvgIpc) is 2.97. The monoisotopic (exact) mass is 274 g/mol. The van der Waals surface area contributed by atoms with Crippen LogP contribution in [0.3, 0.4) is 0 Å². The SMILES string of the molecule is COCc1cccc(C(CN)NCCC2=CCCC2)c1. The number of rotatable bonds is 8. The molecule has 110 valence electrons. The lowest BCUT2D eigenvalue weighted by molar-refractivity contribution is 0.185. The molecule has 0 saturated carbocycles. The molecular formula is C17H26N2O. The summed E-state index contributed by atoms with van der Waals surface area (Å²) in [6, 6.07) is 8.72. The lowest BCUT2D eigenvalue weighted by Crippen LogP contribution is -2.29. The summed E-state index contributed by atoms with van der Waals surface area (Å²) >= 11 is 0. The number of methoxy groups -OCH3 is 1. The molecule has 1 aliphatic rings. The van der Waals surface area contributed by atoms with Crippen LogP contribution in [0, 0.1) is 0 Å². The normalized spacial score (nSPS) is 16.2. The predicted octanol–water partition coefficient (Wildman–Crippen LogP) is 2.92. The highest BCUT2D eigenvalue weighted by atomic mass is 16.5. The van der Waals surface area contributed by atoms with Gasteiger partial charge in [-0.05, 0) is 43.4 Å². The average molecular weight is 274 g/mol. The van der Waals surface area contributed by atoms with E-state index in [9.17, 15) is 0 Å². The van der Waals surface area contributed by atoms with Crippen LogP contribution in [0.25, 0.3) is 0 Å². The Balaban J connectivity index is 1.88. The van der Waals surface area contributed by atoms with Crippen molar-refractivity contribution in [3.63, 3.8) is 0 Å². The van der Waals surface area contributed by atoms with E-state index in [0.717, 1.165) is 13.0 Å². The third-order valence-electron chi connectivity index (χ3n) is 3.87. The molecule has 1 aliphatic carbocycles. The second-order valence-corrected chi connectivity index (χ2v) is 5.43. The molecule has 0 fully saturated rings. The molecule has 3 heteroatoms. The molecule has 0 saturated heterocycles. The van der Waals surface area contributed by atoms with Gasteiger partial charge in [-0.25, -0.2) is 0 Å². The molecule has 0 heterocycles. The Hall–Kier alpha value is -1.16. The molecule has 3 nitrogen and oxygen atoms in total. The summed E-state index contributed by atoms with van der Waals surface area (Å²) in [5.41, 5.74) is 9.96. The zero-order chi connectivity index (χ0) is 14.2. The smallest absolute Gasteiger partial charge is 0.0713 e. The van der Waals surface area contributed by atoms with E-state index in [1.54, 1.807) is 12.7 Å². The maximum absolute atomic E-state index is 5.91. The molecule has 1 aromatic carbocycles. The highest BCUT2D eigenvalue weighted by Crippen LogP contribution is 2.20. The highest BCUT2D eigenvalue weighted by Gasteiger charge is 2.10. The van der Waals surface area contributed by atoms with Crippen LogP contribution in [0.2, 0.25) is 0 Å². The van der Waals surface area contributed by atoms with Crippen molar-refractivity contribution < 1.29 is 4.74 Å². The Morgan fingerprint density at radius 1 is 1.40 bits per heavy atom. The van der Waals surface area contributed by atoms with Crippen LogP contribution in [0.5, 0.6) is 0 Å². The van der Waals surface area contributed by atoms with E-state index in [-0.39, 0.29) is 6.04 Å². The van der Waals surface area contributed by atoms with Gasteiger partial charge in [-0.3, -0.25) is 0 Å². The van der Waals surface area contributed by atoms with E-state index < -0.39 is 0 Å². The van der Waals surface area contributed by atoms with Crippen molar-refractivity contribution in [2.75, 3.05) is 20.2 Å². The Bertz CT molecular complexity index is 442. The maximum Gasteiger partial charge on any atom is 0.0713 e. The van der Waals surface area contributed by atoms with Crippen LogP contribution >= 0.6 is 0 Å². The van der Waals surface area contributed by atoms with Crippen molar-refractivity contribution in [3.05, 3.63) is 47.0 Å². The van der Waals surface area contributed by atoms with Gasteiger partial charge in [-0.1, -0.05) is 35.9 Å². The first-order valence-electron chi connectivity index (χ1n) is 7.52. The third kappa shape index (κ3) is 4.44. The molecule has 3 N–H and O–H groups in total. The van der Waals surface area contributed by atoms with E-state index in [4.69, 9.17) is 10.5 Å². The lowest BCUT2D eigenvalue weighted by atomic mass is 10.0. The molecule has 0 spiro atoms. The summed E-state index contributed by atoms with van der Waals surface area (Å²) in [4.78, 5) is 0. The molecule has 0 radical (unpaired) electrons. The second-order valence-electron chi connectivity index (χ2n) is 5.43. The standard InChI is InChI=1S/C17H26N2O/c1-20-13-15-7-4-8-16(11-15)17(12-18)19-10-9-14-5-2-3-6-14/h4-5,7-8,11,17,19H,2-3,6,9-10,12-13,18H2,1H3. The molecule has 0 amide bonds. The molecule has 1 atom stereocenters. The number of allylic oxidation sites excluding steroid dienone is 1. The van der Waals surface area contributed by atoms with E-state index >= 15 is 0 Å². The van der Waals surface area contributed by atoms with Gasteiger partial charge >= 0.3 is 0 Å². The Labute approximate surface area is 122 Å². The molecule has 1 aromatic rings. The summed E-state index contributed by atoms with van der Waals surface area (Å²) in [5, 5.41) is 3.58. The van der Waals surface area contributed by atoms with Crippen molar-refractivity contribution in [2.24, 2.45) is 5.73 Å². The fraction of sp³-hybridized carbons (Fsp3) is 0.529. The third-order valence-corrected chi connectivity index (χ3v) is 3.87. The van der Waals surface area contributed by atoms with Crippen LogP contribution < -0.4 is 11.1 Å². The lowest BCUT2D eigenvalue weighted by Gasteiger charge is -2.18. The Morgan fingerprint density at radius 2 is 2.30 bits per heavy atom. The van der Waals surface area contributed by atoms with Crippen molar-refractivity contribution in [2.45, 2.75) is 38.3 Å². The van der Waals surface area contributed by atoms with Gasteiger partial charge in [0, 0.05) is 19.7 Å². The first kappa shape index (κ1) is 15.2. The summed E-state index contributed by atoms with van der Waals surface area (Å²) < 4.78 is 5.19. The summed E-state index contributed by atoms with van der Waals surface area (Å²) in [7, 11) is 1.72. The van der Waals surface area contributed by atoms with Crippen LogP contribution in [0.15, 0.2) is 35.9 Å². The van der Waals surface area contributed by atoms with Gasteiger partial charge in [0.1, 0.15) is 0 Å². The minimum atomic E-state index is 0.230. The van der Waals surface area contributed by atoms with Gasteiger partial charge in [0.25, 0.3) is 0 Å². The van der Waals surface area contributed by atoms with Gasteiger partial charge in [0.2, 0.25) is 0 Å². The van der Waals surface area contributed by atoms with Gasteiger partial charge in [0.05, 0.1) is 6.61 Å². The van der Waals surface area contributed by atoms with Crippen LogP contribution in [0.1, 0.15) is 42.9 Å². The molecule has 20 heavy (non-hydrogen) atoms. The molecule has 0 aromatic heterocycles. The van der Waals surface area contributed by atoms with E-state index in [1.165, 1.54) is 30.4 Å². The van der Waals surface area contributed by atoms with Crippen molar-refractivity contribution >= 4 is 0 Å². The van der Waals surface area contributed by atoms with Gasteiger partial charge in [-0.2, -0.15) is 0 Å². The van der Waals surface area contributed by atoms with Crippen molar-refractivity contribution in [1.29, 1.82) is 0 Å². The fourth-order valence-electron chi connectivity index (χ4n) is 2.77. The highest BCUT2D eigenvalue weighted by molar-refractivity contribution is 5.26. The number of ether oxygens (including phenoxy) is 1. The Morgan fingerprint density at radius 3 is 3.00 bits per heavy atom. The second kappa shape index (κ2) is 8.20. The largest absolute Gasteiger partial charge is 0.380 e. The number of hydrogen-bond acceptors (Lipinski definition) is 3. The minimum absolute atomic E-state index is 0.230. The minimum Gasteiger partial charge on any atom is -0.380 e. The van der Waals surface area contributed by atoms with E-state index in [2.05, 4.69) is 35.7 Å². The van der Waals surface area contributed by atoms with Crippen molar-refractivity contribution in [1.82, 2.24) is 5.32 Å². The summed E-state index contributed by atoms with van der Waals surface area (Å²) in [5.74, 6) is 0. The topological polar surface area (TPSA) is 47.3 Å². The van der Waals surface area contributed by atoms with Crippen LogP contribution in [-0.4, -0.2) is 20.2 Å². The summed E-state index contributed by atoms with van der Waals surface area (Å²) in [6.07, 6.45) is 7.40. The molecule has 1 unspecified atom stereocenters. The molecule has 0 bridgehead atoms. The van der Waals surface area contributed by atoms with Gasteiger partial charge in [-0.15, -0.1) is 0 Å².